The first-order chi connectivity index (χ1) is 28.5. The molecule has 2 aromatic heterocycles. The lowest BCUT2D eigenvalue weighted by molar-refractivity contribution is 0.669. The number of para-hydroxylation sites is 1. The number of furan rings is 1. The molecule has 6 aromatic carbocycles. The van der Waals surface area contributed by atoms with Crippen molar-refractivity contribution in [1.82, 2.24) is 9.97 Å². The molecule has 0 unspecified atom stereocenters. The topological polar surface area (TPSA) is 62.7 Å². The maximum Gasteiger partial charge on any atom is 0.160 e. The van der Waals surface area contributed by atoms with Gasteiger partial charge in [-0.05, 0) is 64.6 Å². The molecule has 0 aliphatic rings. The molecule has 0 atom stereocenters. The van der Waals surface area contributed by atoms with Crippen molar-refractivity contribution in [3.63, 3.8) is 0 Å². The van der Waals surface area contributed by atoms with Crippen LogP contribution in [-0.4, -0.2) is 9.97 Å². The Morgan fingerprint density at radius 3 is 2.04 bits per heavy atom. The Hall–Kier alpha value is -6.31. The van der Waals surface area contributed by atoms with Gasteiger partial charge >= 0.3 is 0 Å². The Kier molecular flexibility index (Phi) is 3.67. The third-order valence-corrected chi connectivity index (χ3v) is 6.99. The lowest BCUT2D eigenvalue weighted by Crippen LogP contribution is -1.96. The molecular weight excluding hydrogens is 550 g/mol. The summed E-state index contributed by atoms with van der Waals surface area (Å²) in [6.07, 6.45) is 0. The van der Waals surface area contributed by atoms with Crippen LogP contribution in [0.5, 0.6) is 0 Å². The number of aromatic nitrogens is 2. The van der Waals surface area contributed by atoms with E-state index in [1.54, 1.807) is 18.2 Å². The van der Waals surface area contributed by atoms with E-state index in [4.69, 9.17) is 23.6 Å². The second kappa shape index (κ2) is 11.1. The van der Waals surface area contributed by atoms with Crippen molar-refractivity contribution < 1.29 is 25.0 Å². The monoisotopic (exact) mass is 590 g/mol. The Morgan fingerprint density at radius 1 is 0.533 bits per heavy atom. The molecule has 0 saturated carbocycles. The largest absolute Gasteiger partial charge is 0.456 e. The van der Waals surface area contributed by atoms with Gasteiger partial charge in [-0.3, -0.25) is 0 Å². The van der Waals surface area contributed by atoms with Crippen LogP contribution < -0.4 is 0 Å². The first kappa shape index (κ1) is 14.9. The molecule has 2 heterocycles. The van der Waals surface area contributed by atoms with E-state index in [0.29, 0.717) is 5.56 Å². The van der Waals surface area contributed by atoms with Gasteiger partial charge in [0.25, 0.3) is 0 Å². The SMILES string of the molecule is [2H]c1c([2H])c(C#N)c([2H])c(-c2cc(-c3ccc(-c4ccccc4)cc3)nc(-c3c([2H])c([2H])c([2H])c(-c4c([2H])c([2H])c5c(oc6c([2H])c([2H])c([2H])c([2H])c65)c4[2H])c3[2H])n2)c1[2H]. The quantitative estimate of drug-likeness (QED) is 0.200. The molecule has 4 nitrogen and oxygen atoms in total. The van der Waals surface area contributed by atoms with Crippen LogP contribution in [0.3, 0.4) is 0 Å². The summed E-state index contributed by atoms with van der Waals surface area (Å²) in [5.74, 6) is -0.434. The van der Waals surface area contributed by atoms with Crippen molar-refractivity contribution in [2.45, 2.75) is 0 Å². The summed E-state index contributed by atoms with van der Waals surface area (Å²) >= 11 is 0. The lowest BCUT2D eigenvalue weighted by atomic mass is 10.00. The van der Waals surface area contributed by atoms with Crippen LogP contribution in [-0.2, 0) is 0 Å². The second-order valence-electron chi connectivity index (χ2n) is 9.78. The summed E-state index contributed by atoms with van der Waals surface area (Å²) in [4.78, 5) is 9.17. The van der Waals surface area contributed by atoms with Gasteiger partial charge in [-0.15, -0.1) is 0 Å². The smallest absolute Gasteiger partial charge is 0.160 e. The standard InChI is InChI=1S/C41H25N3O/c42-26-27-8-6-12-33(22-27)38-25-37(30-18-16-29(17-19-30)28-9-2-1-3-10-28)43-41(44-38)34-13-7-11-31(23-34)32-20-21-36-35-14-4-5-15-39(35)45-40(36)24-32/h1-25H/i4D,5D,6D,7D,8D,11D,12D,13D,14D,15D,20D,21D,22D,23D,24D. The zero-order chi connectivity index (χ0) is 43.2. The summed E-state index contributed by atoms with van der Waals surface area (Å²) in [7, 11) is 0. The van der Waals surface area contributed by atoms with E-state index in [0.717, 1.165) is 11.1 Å². The van der Waals surface area contributed by atoms with E-state index in [1.807, 2.05) is 42.5 Å². The highest BCUT2D eigenvalue weighted by Crippen LogP contribution is 2.34. The van der Waals surface area contributed by atoms with Crippen molar-refractivity contribution in [3.05, 3.63) is 157 Å². The van der Waals surface area contributed by atoms with E-state index in [9.17, 15) is 6.63 Å². The minimum absolute atomic E-state index is 0.120. The highest BCUT2D eigenvalue weighted by molar-refractivity contribution is 6.05. The van der Waals surface area contributed by atoms with E-state index in [-0.39, 0.29) is 33.3 Å². The first-order valence-corrected chi connectivity index (χ1v) is 13.6. The van der Waals surface area contributed by atoms with Crippen LogP contribution >= 0.6 is 0 Å². The second-order valence-corrected chi connectivity index (χ2v) is 9.78. The first-order valence-electron chi connectivity index (χ1n) is 21.1. The lowest BCUT2D eigenvalue weighted by Gasteiger charge is -2.11. The maximum atomic E-state index is 9.82. The normalized spacial score (nSPS) is 15.8. The Balaban J connectivity index is 1.43. The van der Waals surface area contributed by atoms with Crippen LogP contribution in [0.2, 0.25) is 0 Å². The molecule has 0 amide bonds. The van der Waals surface area contributed by atoms with E-state index in [2.05, 4.69) is 9.97 Å². The summed E-state index contributed by atoms with van der Waals surface area (Å²) in [6.45, 7) is 0. The molecule has 0 bridgehead atoms. The van der Waals surface area contributed by atoms with Gasteiger partial charge in [0, 0.05) is 27.5 Å². The molecule has 4 heteroatoms. The summed E-state index contributed by atoms with van der Waals surface area (Å²) in [5, 5.41) is 9.32. The molecular formula is C41H25N3O. The van der Waals surface area contributed by atoms with Gasteiger partial charge in [0.2, 0.25) is 0 Å². The van der Waals surface area contributed by atoms with E-state index >= 15 is 0 Å². The highest BCUT2D eigenvalue weighted by Gasteiger charge is 2.13. The van der Waals surface area contributed by atoms with Crippen molar-refractivity contribution in [3.8, 4) is 62.2 Å². The maximum absolute atomic E-state index is 9.82. The number of hydrogen-bond acceptors (Lipinski definition) is 4. The minimum atomic E-state index is -0.783. The summed E-state index contributed by atoms with van der Waals surface area (Å²) in [5.41, 5.74) is -1.07. The fraction of sp³-hybridized carbons (Fsp3) is 0. The van der Waals surface area contributed by atoms with Gasteiger partial charge in [0.05, 0.1) is 43.6 Å². The Bertz CT molecular complexity index is 3220. The predicted molar refractivity (Wildman–Crippen MR) is 181 cm³/mol. The number of hydrogen-bond donors (Lipinski definition) is 0. The molecule has 0 radical (unpaired) electrons. The molecule has 0 saturated heterocycles. The van der Waals surface area contributed by atoms with Gasteiger partial charge in [0.15, 0.2) is 5.82 Å². The van der Waals surface area contributed by atoms with Crippen LogP contribution in [0.1, 0.15) is 26.1 Å². The van der Waals surface area contributed by atoms with Crippen LogP contribution in [0, 0.1) is 11.3 Å². The summed E-state index contributed by atoms with van der Waals surface area (Å²) in [6, 6.07) is 9.71. The highest BCUT2D eigenvalue weighted by atomic mass is 16.3. The predicted octanol–water partition coefficient (Wildman–Crippen LogP) is 10.6. The van der Waals surface area contributed by atoms with Crippen molar-refractivity contribution >= 4 is 21.9 Å². The Labute approximate surface area is 281 Å². The van der Waals surface area contributed by atoms with Crippen molar-refractivity contribution in [2.75, 3.05) is 0 Å². The molecule has 0 N–H and O–H groups in total. The molecule has 0 aliphatic heterocycles. The third kappa shape index (κ3) is 5.03. The average Bonchev–Trinajstić information content (AvgIpc) is 3.66. The number of nitriles is 1. The number of fused-ring (bicyclic) bond motifs is 3. The van der Waals surface area contributed by atoms with Crippen molar-refractivity contribution in [1.29, 1.82) is 5.26 Å². The fourth-order valence-electron chi connectivity index (χ4n) is 4.83. The molecule has 210 valence electrons. The fourth-order valence-corrected chi connectivity index (χ4v) is 4.83. The Morgan fingerprint density at radius 2 is 1.20 bits per heavy atom. The van der Waals surface area contributed by atoms with E-state index in [1.165, 1.54) is 6.07 Å². The zero-order valence-electron chi connectivity index (χ0n) is 38.0. The van der Waals surface area contributed by atoms with Gasteiger partial charge in [-0.2, -0.15) is 5.26 Å². The molecule has 0 fully saturated rings. The molecule has 8 rings (SSSR count). The molecule has 8 aromatic rings. The van der Waals surface area contributed by atoms with Gasteiger partial charge < -0.3 is 4.42 Å². The molecule has 45 heavy (non-hydrogen) atoms. The number of benzene rings is 6. The average molecular weight is 591 g/mol. The van der Waals surface area contributed by atoms with Crippen molar-refractivity contribution in [2.24, 2.45) is 0 Å². The van der Waals surface area contributed by atoms with Crippen LogP contribution in [0.4, 0.5) is 0 Å². The molecule has 0 aliphatic carbocycles. The van der Waals surface area contributed by atoms with E-state index < -0.39 is 124 Å². The molecule has 0 spiro atoms. The van der Waals surface area contributed by atoms with Gasteiger partial charge in [-0.25, -0.2) is 9.97 Å². The van der Waals surface area contributed by atoms with Gasteiger partial charge in [-0.1, -0.05) is 109 Å². The zero-order valence-corrected chi connectivity index (χ0v) is 23.0. The summed E-state index contributed by atoms with van der Waals surface area (Å²) < 4.78 is 136. The number of rotatable bonds is 5. The minimum Gasteiger partial charge on any atom is -0.456 e. The third-order valence-electron chi connectivity index (χ3n) is 6.99. The van der Waals surface area contributed by atoms with Crippen LogP contribution in [0.25, 0.3) is 78.1 Å². The number of nitrogens with zero attached hydrogens (tertiary/aromatic N) is 3. The van der Waals surface area contributed by atoms with Crippen LogP contribution in [0.15, 0.2) is 156 Å². The van der Waals surface area contributed by atoms with Gasteiger partial charge in [0.1, 0.15) is 11.2 Å².